The minimum absolute atomic E-state index is 0.231. The van der Waals surface area contributed by atoms with Gasteiger partial charge in [0.1, 0.15) is 0 Å². The summed E-state index contributed by atoms with van der Waals surface area (Å²) in [6.07, 6.45) is 23.0. The predicted octanol–water partition coefficient (Wildman–Crippen LogP) is 17.4. The highest BCUT2D eigenvalue weighted by Crippen LogP contribution is 2.34. The number of nitrogens with zero attached hydrogens (tertiary/aromatic N) is 16. The molecular weight excluding hydrogens is 1730 g/mol. The Balaban J connectivity index is 0.000000127. The SMILES string of the molecule is CN(C)Cc1ccc(NC(=O)c2n[nH]c3ccc(-c4cncc(CN5CCCCC5)c4)cc23)cc1.CN(C)Cc1cccc(NC(=O)c2n[nH]c3ccc(-c4cncc(CN5CCOCC5)c4)cc23)c1.CN(C)c1ccc(NC(=O)c2n[nH]c3ccc(-c4cncc(CN5CCCCC5)c4)cc23)cc1.CN(C)c1ccc(NC(=O)c2n[nH]c3ccc(-c4cncc(CN5CCOCC5)c4)cc23)cc1. The van der Waals surface area contributed by atoms with E-state index in [-0.39, 0.29) is 23.6 Å². The zero-order valence-corrected chi connectivity index (χ0v) is 79.7. The fourth-order valence-electron chi connectivity index (χ4n) is 17.8. The molecule has 4 amide bonds. The monoisotopic (exact) mass is 1850 g/mol. The molecule has 8 aromatic heterocycles. The van der Waals surface area contributed by atoms with Gasteiger partial charge in [-0.3, -0.25) is 79.1 Å². The third-order valence-corrected chi connectivity index (χ3v) is 25.0. The van der Waals surface area contributed by atoms with Gasteiger partial charge in [0.05, 0.1) is 48.5 Å². The van der Waals surface area contributed by atoms with E-state index < -0.39 is 0 Å². The van der Waals surface area contributed by atoms with Gasteiger partial charge in [0.15, 0.2) is 22.8 Å². The molecule has 0 atom stereocenters. The van der Waals surface area contributed by atoms with Crippen LogP contribution in [0.2, 0.25) is 0 Å². The maximum atomic E-state index is 13.1. The number of ether oxygens (including phenoxy) is 2. The number of anilines is 6. The Kier molecular flexibility index (Phi) is 31.3. The number of aromatic nitrogens is 12. The highest BCUT2D eigenvalue weighted by atomic mass is 16.5. The van der Waals surface area contributed by atoms with Crippen LogP contribution in [0.4, 0.5) is 34.1 Å². The molecule has 4 fully saturated rings. The Morgan fingerprint density at radius 2 is 0.580 bits per heavy atom. The maximum Gasteiger partial charge on any atom is 0.276 e. The van der Waals surface area contributed by atoms with Gasteiger partial charge in [-0.25, -0.2) is 0 Å². The molecule has 8 N–H and O–H groups in total. The van der Waals surface area contributed by atoms with Crippen LogP contribution in [0.25, 0.3) is 88.1 Å². The van der Waals surface area contributed by atoms with Crippen LogP contribution in [0.1, 0.15) is 114 Å². The maximum absolute atomic E-state index is 13.1. The Labute approximate surface area is 804 Å². The fourth-order valence-corrected chi connectivity index (χ4v) is 17.8. The summed E-state index contributed by atoms with van der Waals surface area (Å²) in [7, 11) is 16.0. The number of aromatic amines is 4. The molecule has 30 nitrogen and oxygen atoms in total. The Hall–Kier alpha value is -14.6. The Morgan fingerprint density at radius 1 is 0.290 bits per heavy atom. The minimum atomic E-state index is -0.250. The summed E-state index contributed by atoms with van der Waals surface area (Å²) >= 11 is 0. The summed E-state index contributed by atoms with van der Waals surface area (Å²) in [6.45, 7) is 16.6. The third kappa shape index (κ3) is 25.0. The first-order valence-corrected chi connectivity index (χ1v) is 47.3. The van der Waals surface area contributed by atoms with Crippen molar-refractivity contribution < 1.29 is 28.7 Å². The molecule has 4 aliphatic heterocycles. The van der Waals surface area contributed by atoms with Crippen LogP contribution in [-0.2, 0) is 48.7 Å². The van der Waals surface area contributed by atoms with Gasteiger partial charge in [-0.15, -0.1) is 0 Å². The molecule has 0 bridgehead atoms. The summed E-state index contributed by atoms with van der Waals surface area (Å²) in [5, 5.41) is 44.2. The summed E-state index contributed by atoms with van der Waals surface area (Å²) < 4.78 is 10.9. The van der Waals surface area contributed by atoms with Crippen molar-refractivity contribution in [2.24, 2.45) is 0 Å². The lowest BCUT2D eigenvalue weighted by Gasteiger charge is -2.26. The second kappa shape index (κ2) is 45.4. The standard InChI is InChI=1S/C28H32N6O.C27H30N6O2.C27H30N6O.C26H28N6O2/c1-33(2)18-20-6-9-24(10-7-20)30-28(35)27-25-15-22(8-11-26(25)31-32-27)23-14-21(16-29-17-23)19-34-12-4-3-5-13-34;1-32(2)17-19-4-3-5-23(13-19)29-27(34)26-24-14-21(6-7-25(24)30-31-26)22-12-20(15-28-16-22)18-33-8-10-35-11-9-33;1-32(2)23-9-7-22(8-10-23)29-27(34)26-24-15-20(6-11-25(24)30-31-26)21-14-19(16-28-17-21)18-33-12-4-3-5-13-33;1-31(2)22-6-4-21(5-7-22)28-26(33)25-23-14-19(3-8-24(23)29-30-25)20-13-18(15-27-16-20)17-32-9-11-34-12-10-32/h6-11,14-17H,3-5,12-13,18-19H2,1-2H3,(H,30,35)(H,31,32);3-7,12-16H,8-11,17-18H2,1-2H3,(H,29,34)(H,30,31);6-11,14-17H,3-5,12-13,18H2,1-2H3,(H,29,34)(H,30,31);3-8,13-16H,9-12,17H2,1-2H3,(H,28,33)(H,29,30). The largest absolute Gasteiger partial charge is 0.379 e. The van der Waals surface area contributed by atoms with E-state index >= 15 is 0 Å². The van der Waals surface area contributed by atoms with E-state index in [9.17, 15) is 19.2 Å². The van der Waals surface area contributed by atoms with Crippen molar-refractivity contribution in [3.8, 4) is 44.5 Å². The zero-order valence-electron chi connectivity index (χ0n) is 79.7. The number of benzene rings is 8. The molecule has 4 saturated heterocycles. The van der Waals surface area contributed by atoms with E-state index in [1.807, 2.05) is 286 Å². The van der Waals surface area contributed by atoms with Gasteiger partial charge in [-0.1, -0.05) is 61.4 Å². The van der Waals surface area contributed by atoms with E-state index in [1.165, 1.54) is 55.2 Å². The van der Waals surface area contributed by atoms with Gasteiger partial charge in [0.25, 0.3) is 23.6 Å². The van der Waals surface area contributed by atoms with E-state index in [0.717, 1.165) is 257 Å². The number of piperidine rings is 2. The van der Waals surface area contributed by atoms with Crippen molar-refractivity contribution >= 4 is 101 Å². The van der Waals surface area contributed by atoms with E-state index in [4.69, 9.17) is 9.47 Å². The minimum Gasteiger partial charge on any atom is -0.379 e. The molecule has 8 aromatic carbocycles. The van der Waals surface area contributed by atoms with Crippen molar-refractivity contribution in [2.75, 3.05) is 166 Å². The molecule has 0 spiro atoms. The summed E-state index contributed by atoms with van der Waals surface area (Å²) in [4.78, 5) is 88.1. The summed E-state index contributed by atoms with van der Waals surface area (Å²) in [5.74, 6) is -0.960. The van der Waals surface area contributed by atoms with Crippen molar-refractivity contribution in [1.29, 1.82) is 0 Å². The molecule has 0 radical (unpaired) electrons. The van der Waals surface area contributed by atoms with E-state index in [2.05, 4.69) is 136 Å². The number of hydrogen-bond donors (Lipinski definition) is 8. The highest BCUT2D eigenvalue weighted by Gasteiger charge is 2.24. The Bertz CT molecular complexity index is 6640. The number of fused-ring (bicyclic) bond motifs is 4. The molecule has 30 heteroatoms. The summed E-state index contributed by atoms with van der Waals surface area (Å²) in [5.41, 5.74) is 25.1. The van der Waals surface area contributed by atoms with Crippen LogP contribution in [0, 0.1) is 0 Å². The lowest BCUT2D eigenvalue weighted by atomic mass is 10.0. The molecule has 0 unspecified atom stereocenters. The van der Waals surface area contributed by atoms with Crippen LogP contribution < -0.4 is 31.1 Å². The number of morpholine rings is 2. The predicted molar refractivity (Wildman–Crippen MR) is 549 cm³/mol. The molecule has 0 aliphatic carbocycles. The van der Waals surface area contributed by atoms with Gasteiger partial charge in [-0.05, 0) is 281 Å². The molecule has 4 aliphatic rings. The average Bonchev–Trinajstić information content (AvgIpc) is 1.63. The molecule has 708 valence electrons. The van der Waals surface area contributed by atoms with Crippen molar-refractivity contribution in [2.45, 2.75) is 77.8 Å². The number of rotatable bonds is 26. The second-order valence-corrected chi connectivity index (χ2v) is 36.7. The molecule has 12 heterocycles. The van der Waals surface area contributed by atoms with E-state index in [1.54, 1.807) is 0 Å². The van der Waals surface area contributed by atoms with Crippen molar-refractivity contribution in [1.82, 2.24) is 90.1 Å². The van der Waals surface area contributed by atoms with Crippen LogP contribution in [0.3, 0.4) is 0 Å². The third-order valence-electron chi connectivity index (χ3n) is 25.0. The number of likely N-dealkylation sites (tertiary alicyclic amines) is 2. The quantitative estimate of drug-likeness (QED) is 0.0250. The molecule has 20 rings (SSSR count). The van der Waals surface area contributed by atoms with Crippen molar-refractivity contribution in [3.63, 3.8) is 0 Å². The first-order valence-electron chi connectivity index (χ1n) is 47.3. The van der Waals surface area contributed by atoms with Gasteiger partial charge in [-0.2, -0.15) is 20.4 Å². The summed E-state index contributed by atoms with van der Waals surface area (Å²) in [6, 6.07) is 64.0. The smallest absolute Gasteiger partial charge is 0.276 e. The van der Waals surface area contributed by atoms with Gasteiger partial charge >= 0.3 is 0 Å². The zero-order chi connectivity index (χ0) is 95.4. The topological polar surface area (TPSA) is 327 Å². The van der Waals surface area contributed by atoms with E-state index in [0.29, 0.717) is 22.8 Å². The molecule has 16 aromatic rings. The second-order valence-electron chi connectivity index (χ2n) is 36.7. The molecular formula is C108H120N24O6. The van der Waals surface area contributed by atoms with Crippen LogP contribution in [-0.4, -0.2) is 249 Å². The number of hydrogen-bond acceptors (Lipinski definition) is 22. The number of H-pyrrole nitrogens is 4. The first-order chi connectivity index (χ1) is 67.2. The highest BCUT2D eigenvalue weighted by molar-refractivity contribution is 6.15. The molecule has 138 heavy (non-hydrogen) atoms. The average molecular weight is 1850 g/mol. The lowest BCUT2D eigenvalue weighted by Crippen LogP contribution is -2.35. The first kappa shape index (κ1) is 95.1. The lowest BCUT2D eigenvalue weighted by molar-refractivity contribution is 0.0341. The van der Waals surface area contributed by atoms with Crippen molar-refractivity contribution in [3.05, 3.63) is 300 Å². The number of amides is 4. The van der Waals surface area contributed by atoms with Gasteiger partial charge in [0, 0.05) is 221 Å². The fraction of sp³-hybridized carbons (Fsp3) is 0.296. The number of pyridine rings is 4. The number of nitrogens with one attached hydrogen (secondary N) is 8. The van der Waals surface area contributed by atoms with Gasteiger partial charge in [0.2, 0.25) is 0 Å². The van der Waals surface area contributed by atoms with Crippen LogP contribution in [0.5, 0.6) is 0 Å². The molecule has 0 saturated carbocycles. The van der Waals surface area contributed by atoms with Gasteiger partial charge < -0.3 is 50.3 Å². The van der Waals surface area contributed by atoms with Crippen LogP contribution >= 0.6 is 0 Å². The normalized spacial score (nSPS) is 14.4. The number of carbonyl (C=O) groups excluding carboxylic acids is 4. The van der Waals surface area contributed by atoms with Crippen LogP contribution in [0.15, 0.2) is 244 Å². The number of carbonyl (C=O) groups is 4. The Morgan fingerprint density at radius 3 is 0.884 bits per heavy atom.